The van der Waals surface area contributed by atoms with Crippen molar-refractivity contribution in [2.75, 3.05) is 0 Å². The number of nitrogens with zero attached hydrogens (tertiary/aromatic N) is 1. The number of aryl methyl sites for hydroxylation is 1. The Hall–Kier alpha value is -1.51. The lowest BCUT2D eigenvalue weighted by molar-refractivity contribution is 0.183. The highest BCUT2D eigenvalue weighted by atomic mass is 16.5. The van der Waals surface area contributed by atoms with Crippen LogP contribution in [0.15, 0.2) is 23.4 Å². The van der Waals surface area contributed by atoms with E-state index in [2.05, 4.69) is 11.2 Å². The topological polar surface area (TPSA) is 41.8 Å². The lowest BCUT2D eigenvalue weighted by atomic mass is 10.1. The summed E-state index contributed by atoms with van der Waals surface area (Å²) in [4.78, 5) is 0. The summed E-state index contributed by atoms with van der Waals surface area (Å²) in [6, 6.07) is 6.17. The Bertz CT molecular complexity index is 474. The molecule has 0 spiro atoms. The first-order valence-corrected chi connectivity index (χ1v) is 7.38. The van der Waals surface area contributed by atoms with Gasteiger partial charge in [0.25, 0.3) is 0 Å². The molecule has 1 aromatic carbocycles. The predicted molar refractivity (Wildman–Crippen MR) is 75.2 cm³/mol. The molecule has 2 aliphatic carbocycles. The summed E-state index contributed by atoms with van der Waals surface area (Å²) in [6.07, 6.45) is 9.80. The molecule has 1 aromatic rings. The van der Waals surface area contributed by atoms with Gasteiger partial charge in [0, 0.05) is 5.56 Å². The summed E-state index contributed by atoms with van der Waals surface area (Å²) in [5.41, 5.74) is 3.13. The second-order valence-corrected chi connectivity index (χ2v) is 5.60. The van der Waals surface area contributed by atoms with E-state index in [1.807, 2.05) is 12.1 Å². The van der Waals surface area contributed by atoms with Crippen molar-refractivity contribution in [3.8, 4) is 5.75 Å². The van der Waals surface area contributed by atoms with E-state index in [4.69, 9.17) is 9.94 Å². The zero-order valence-electron chi connectivity index (χ0n) is 11.3. The largest absolute Gasteiger partial charge is 0.490 e. The highest BCUT2D eigenvalue weighted by molar-refractivity contribution is 6.04. The van der Waals surface area contributed by atoms with Crippen molar-refractivity contribution < 1.29 is 9.94 Å². The predicted octanol–water partition coefficient (Wildman–Crippen LogP) is 3.91. The standard InChI is InChI=1S/C16H21NO2/c18-17-16-10-7-12-11-14(8-9-15(12)16)19-13-5-3-1-2-4-6-13/h8-9,11,13,18H,1-7,10H2/b17-16-. The highest BCUT2D eigenvalue weighted by Gasteiger charge is 2.20. The van der Waals surface area contributed by atoms with Gasteiger partial charge in [-0.25, -0.2) is 0 Å². The third-order valence-electron chi connectivity index (χ3n) is 4.24. The third-order valence-corrected chi connectivity index (χ3v) is 4.24. The van der Waals surface area contributed by atoms with Crippen LogP contribution in [0.3, 0.4) is 0 Å². The van der Waals surface area contributed by atoms with Gasteiger partial charge in [-0.2, -0.15) is 0 Å². The maximum absolute atomic E-state index is 8.93. The highest BCUT2D eigenvalue weighted by Crippen LogP contribution is 2.29. The van der Waals surface area contributed by atoms with Gasteiger partial charge in [0.05, 0.1) is 11.8 Å². The molecule has 0 aliphatic heterocycles. The van der Waals surface area contributed by atoms with Gasteiger partial charge in [-0.05, 0) is 62.3 Å². The van der Waals surface area contributed by atoms with E-state index >= 15 is 0 Å². The quantitative estimate of drug-likeness (QED) is 0.497. The summed E-state index contributed by atoms with van der Waals surface area (Å²) < 4.78 is 6.13. The number of ether oxygens (including phenoxy) is 1. The van der Waals surface area contributed by atoms with E-state index in [-0.39, 0.29) is 0 Å². The molecule has 102 valence electrons. The van der Waals surface area contributed by atoms with Gasteiger partial charge >= 0.3 is 0 Å². The molecule has 0 bridgehead atoms. The van der Waals surface area contributed by atoms with Crippen LogP contribution in [0.2, 0.25) is 0 Å². The van der Waals surface area contributed by atoms with Gasteiger partial charge < -0.3 is 9.94 Å². The van der Waals surface area contributed by atoms with E-state index < -0.39 is 0 Å². The molecule has 2 aliphatic rings. The molecule has 3 rings (SSSR count). The lowest BCUT2D eigenvalue weighted by Crippen LogP contribution is -2.15. The van der Waals surface area contributed by atoms with Gasteiger partial charge in [-0.3, -0.25) is 0 Å². The summed E-state index contributed by atoms with van der Waals surface area (Å²) in [5, 5.41) is 12.3. The summed E-state index contributed by atoms with van der Waals surface area (Å²) in [6.45, 7) is 0. The van der Waals surface area contributed by atoms with Crippen LogP contribution in [0.4, 0.5) is 0 Å². The molecule has 1 N–H and O–H groups in total. The second kappa shape index (κ2) is 5.64. The number of oxime groups is 1. The molecule has 0 atom stereocenters. The van der Waals surface area contributed by atoms with E-state index in [1.165, 1.54) is 44.1 Å². The molecule has 0 amide bonds. The SMILES string of the molecule is O/N=C1/CCc2cc(OC3CCCCCC3)ccc21. The Morgan fingerprint density at radius 2 is 1.84 bits per heavy atom. The van der Waals surface area contributed by atoms with Gasteiger partial charge in [0.15, 0.2) is 0 Å². The van der Waals surface area contributed by atoms with Gasteiger partial charge in [0.1, 0.15) is 5.75 Å². The Balaban J connectivity index is 1.72. The van der Waals surface area contributed by atoms with Crippen molar-refractivity contribution in [1.82, 2.24) is 0 Å². The van der Waals surface area contributed by atoms with E-state index in [1.54, 1.807) is 0 Å². The number of rotatable bonds is 2. The van der Waals surface area contributed by atoms with E-state index in [9.17, 15) is 0 Å². The Morgan fingerprint density at radius 1 is 1.05 bits per heavy atom. The zero-order valence-corrected chi connectivity index (χ0v) is 11.3. The molecule has 0 radical (unpaired) electrons. The second-order valence-electron chi connectivity index (χ2n) is 5.60. The molecule has 0 saturated heterocycles. The molecular weight excluding hydrogens is 238 g/mol. The van der Waals surface area contributed by atoms with Gasteiger partial charge in [-0.15, -0.1) is 0 Å². The fourth-order valence-electron chi connectivity index (χ4n) is 3.18. The normalized spacial score (nSPS) is 22.2. The minimum absolute atomic E-state index is 0.382. The molecule has 3 nitrogen and oxygen atoms in total. The molecule has 0 aromatic heterocycles. The maximum atomic E-state index is 8.93. The molecule has 1 fully saturated rings. The summed E-state index contributed by atoms with van der Waals surface area (Å²) in [5.74, 6) is 0.977. The monoisotopic (exact) mass is 259 g/mol. The number of hydrogen-bond donors (Lipinski definition) is 1. The molecule has 3 heteroatoms. The molecule has 0 unspecified atom stereocenters. The van der Waals surface area contributed by atoms with Crippen molar-refractivity contribution in [2.24, 2.45) is 5.16 Å². The number of fused-ring (bicyclic) bond motifs is 1. The van der Waals surface area contributed by atoms with Gasteiger partial charge in [-0.1, -0.05) is 18.0 Å². The first kappa shape index (κ1) is 12.5. The third kappa shape index (κ3) is 2.75. The van der Waals surface area contributed by atoms with Crippen LogP contribution >= 0.6 is 0 Å². The van der Waals surface area contributed by atoms with Gasteiger partial charge in [0.2, 0.25) is 0 Å². The van der Waals surface area contributed by atoms with Crippen molar-refractivity contribution >= 4 is 5.71 Å². The summed E-state index contributed by atoms with van der Waals surface area (Å²) in [7, 11) is 0. The van der Waals surface area contributed by atoms with Crippen LogP contribution < -0.4 is 4.74 Å². The fraction of sp³-hybridized carbons (Fsp3) is 0.562. The lowest BCUT2D eigenvalue weighted by Gasteiger charge is -2.17. The van der Waals surface area contributed by atoms with Crippen LogP contribution in [-0.4, -0.2) is 17.0 Å². The molecule has 1 saturated carbocycles. The molecular formula is C16H21NO2. The number of hydrogen-bond acceptors (Lipinski definition) is 3. The van der Waals surface area contributed by atoms with E-state index in [0.29, 0.717) is 6.10 Å². The van der Waals surface area contributed by atoms with Crippen LogP contribution in [-0.2, 0) is 6.42 Å². The Kier molecular flexibility index (Phi) is 3.72. The minimum atomic E-state index is 0.382. The number of benzene rings is 1. The van der Waals surface area contributed by atoms with Crippen LogP contribution in [0.25, 0.3) is 0 Å². The Labute approximate surface area is 114 Å². The zero-order chi connectivity index (χ0) is 13.1. The average molecular weight is 259 g/mol. The van der Waals surface area contributed by atoms with Crippen LogP contribution in [0.1, 0.15) is 56.1 Å². The first-order chi connectivity index (χ1) is 9.36. The van der Waals surface area contributed by atoms with Crippen LogP contribution in [0, 0.1) is 0 Å². The van der Waals surface area contributed by atoms with E-state index in [0.717, 1.165) is 29.9 Å². The van der Waals surface area contributed by atoms with Crippen LogP contribution in [0.5, 0.6) is 5.75 Å². The maximum Gasteiger partial charge on any atom is 0.120 e. The fourth-order valence-corrected chi connectivity index (χ4v) is 3.18. The Morgan fingerprint density at radius 3 is 2.58 bits per heavy atom. The van der Waals surface area contributed by atoms with Crippen molar-refractivity contribution in [2.45, 2.75) is 57.5 Å². The van der Waals surface area contributed by atoms with Crippen molar-refractivity contribution in [1.29, 1.82) is 0 Å². The smallest absolute Gasteiger partial charge is 0.120 e. The van der Waals surface area contributed by atoms with Crippen molar-refractivity contribution in [3.05, 3.63) is 29.3 Å². The first-order valence-electron chi connectivity index (χ1n) is 7.38. The average Bonchev–Trinajstić information content (AvgIpc) is 2.66. The molecule has 0 heterocycles. The minimum Gasteiger partial charge on any atom is -0.490 e. The molecule has 19 heavy (non-hydrogen) atoms. The van der Waals surface area contributed by atoms with Crippen molar-refractivity contribution in [3.63, 3.8) is 0 Å². The summed E-state index contributed by atoms with van der Waals surface area (Å²) >= 11 is 0.